The Balaban J connectivity index is 0.00000441. The van der Waals surface area contributed by atoms with Crippen molar-refractivity contribution in [3.63, 3.8) is 0 Å². The number of hydrogen-bond acceptors (Lipinski definition) is 4. The second-order valence-corrected chi connectivity index (χ2v) is 4.83. The van der Waals surface area contributed by atoms with E-state index < -0.39 is 11.8 Å². The molecular weight excluding hydrogens is 331 g/mol. The first-order chi connectivity index (χ1) is 9.85. The van der Waals surface area contributed by atoms with Crippen LogP contribution in [0, 0.1) is 0 Å². The average Bonchev–Trinajstić information content (AvgIpc) is 2.45. The van der Waals surface area contributed by atoms with Crippen molar-refractivity contribution in [2.24, 2.45) is 5.73 Å². The predicted molar refractivity (Wildman–Crippen MR) is 87.4 cm³/mol. The number of nitrogens with zero attached hydrogens (tertiary/aromatic N) is 1. The van der Waals surface area contributed by atoms with Crippen LogP contribution in [-0.2, 0) is 9.59 Å². The molecule has 0 radical (unpaired) electrons. The van der Waals surface area contributed by atoms with Crippen LogP contribution in [0.5, 0.6) is 0 Å². The zero-order valence-corrected chi connectivity index (χ0v) is 13.8. The Labute approximate surface area is 139 Å². The van der Waals surface area contributed by atoms with Gasteiger partial charge in [0.05, 0.1) is 23.7 Å². The Bertz CT molecular complexity index is 564. The molecule has 0 aromatic heterocycles. The zero-order valence-electron chi connectivity index (χ0n) is 12.2. The van der Waals surface area contributed by atoms with E-state index in [9.17, 15) is 14.4 Å². The fraction of sp³-hybridized carbons (Fsp3) is 0.308. The van der Waals surface area contributed by atoms with E-state index in [2.05, 4.69) is 10.6 Å². The summed E-state index contributed by atoms with van der Waals surface area (Å²) < 4.78 is 0. The van der Waals surface area contributed by atoms with E-state index in [1.807, 2.05) is 0 Å². The van der Waals surface area contributed by atoms with Gasteiger partial charge in [-0.05, 0) is 18.2 Å². The van der Waals surface area contributed by atoms with Crippen molar-refractivity contribution in [1.82, 2.24) is 10.2 Å². The maximum Gasteiger partial charge on any atom is 0.254 e. The van der Waals surface area contributed by atoms with Crippen molar-refractivity contribution in [2.75, 3.05) is 32.5 Å². The number of halogens is 2. The number of nitrogens with one attached hydrogen (secondary N) is 2. The molecule has 22 heavy (non-hydrogen) atoms. The molecule has 4 N–H and O–H groups in total. The van der Waals surface area contributed by atoms with Gasteiger partial charge in [-0.2, -0.15) is 0 Å². The molecule has 1 aromatic carbocycles. The van der Waals surface area contributed by atoms with Gasteiger partial charge in [-0.15, -0.1) is 12.4 Å². The number of rotatable bonds is 5. The second-order valence-electron chi connectivity index (χ2n) is 4.42. The molecule has 3 amide bonds. The van der Waals surface area contributed by atoms with Crippen molar-refractivity contribution >= 4 is 47.4 Å². The lowest BCUT2D eigenvalue weighted by atomic mass is 10.1. The van der Waals surface area contributed by atoms with E-state index >= 15 is 0 Å². The standard InChI is InChI=1S/C13H17ClN4O3.ClH/c1-18(2)13(21)9-5-8(3-4-10(9)14)17-12(20)7-16-11(19)6-15;/h3-5H,6-7,15H2,1-2H3,(H,16,19)(H,17,20);1H. The molecule has 1 aromatic rings. The number of hydrogen-bond donors (Lipinski definition) is 3. The van der Waals surface area contributed by atoms with Gasteiger partial charge in [0, 0.05) is 19.8 Å². The van der Waals surface area contributed by atoms with Crippen LogP contribution < -0.4 is 16.4 Å². The highest BCUT2D eigenvalue weighted by atomic mass is 35.5. The molecule has 1 rings (SSSR count). The number of carbonyl (C=O) groups is 3. The third-order valence-corrected chi connectivity index (χ3v) is 2.85. The van der Waals surface area contributed by atoms with Crippen LogP contribution in [0.1, 0.15) is 10.4 Å². The summed E-state index contributed by atoms with van der Waals surface area (Å²) in [6.07, 6.45) is 0. The van der Waals surface area contributed by atoms with Crippen molar-refractivity contribution < 1.29 is 14.4 Å². The van der Waals surface area contributed by atoms with Gasteiger partial charge in [-0.1, -0.05) is 11.6 Å². The lowest BCUT2D eigenvalue weighted by molar-refractivity contribution is -0.123. The van der Waals surface area contributed by atoms with Crippen molar-refractivity contribution in [1.29, 1.82) is 0 Å². The fourth-order valence-corrected chi connectivity index (χ4v) is 1.66. The molecule has 9 heteroatoms. The van der Waals surface area contributed by atoms with E-state index in [-0.39, 0.29) is 37.0 Å². The molecule has 0 aliphatic heterocycles. The number of carbonyl (C=O) groups excluding carboxylic acids is 3. The number of benzene rings is 1. The third-order valence-electron chi connectivity index (χ3n) is 2.52. The Morgan fingerprint density at radius 2 is 1.86 bits per heavy atom. The Hall–Kier alpha value is -1.83. The summed E-state index contributed by atoms with van der Waals surface area (Å²) in [6, 6.07) is 4.57. The average molecular weight is 349 g/mol. The minimum atomic E-state index is -0.428. The van der Waals surface area contributed by atoms with Gasteiger partial charge in [0.2, 0.25) is 11.8 Å². The van der Waals surface area contributed by atoms with Crippen LogP contribution in [0.4, 0.5) is 5.69 Å². The monoisotopic (exact) mass is 348 g/mol. The molecular formula is C13H18Cl2N4O3. The summed E-state index contributed by atoms with van der Waals surface area (Å²) in [5, 5.41) is 5.20. The van der Waals surface area contributed by atoms with Crippen LogP contribution in [0.3, 0.4) is 0 Å². The highest BCUT2D eigenvalue weighted by Crippen LogP contribution is 2.21. The lowest BCUT2D eigenvalue weighted by Crippen LogP contribution is -2.36. The van der Waals surface area contributed by atoms with Gasteiger partial charge in [0.1, 0.15) is 0 Å². The fourth-order valence-electron chi connectivity index (χ4n) is 1.46. The molecule has 0 saturated carbocycles. The highest BCUT2D eigenvalue weighted by molar-refractivity contribution is 6.34. The molecule has 122 valence electrons. The van der Waals surface area contributed by atoms with Gasteiger partial charge in [-0.25, -0.2) is 0 Å². The van der Waals surface area contributed by atoms with E-state index in [0.29, 0.717) is 10.7 Å². The summed E-state index contributed by atoms with van der Waals surface area (Å²) in [5.74, 6) is -1.13. The Morgan fingerprint density at radius 3 is 2.41 bits per heavy atom. The zero-order chi connectivity index (χ0) is 16.0. The topological polar surface area (TPSA) is 105 Å². The van der Waals surface area contributed by atoms with E-state index in [4.69, 9.17) is 17.3 Å². The smallest absolute Gasteiger partial charge is 0.254 e. The highest BCUT2D eigenvalue weighted by Gasteiger charge is 2.14. The quantitative estimate of drug-likeness (QED) is 0.719. The maximum absolute atomic E-state index is 11.9. The van der Waals surface area contributed by atoms with Crippen molar-refractivity contribution in [3.8, 4) is 0 Å². The molecule has 0 atom stereocenters. The summed E-state index contributed by atoms with van der Waals surface area (Å²) in [5.41, 5.74) is 5.80. The van der Waals surface area contributed by atoms with Gasteiger partial charge in [0.25, 0.3) is 5.91 Å². The molecule has 0 aliphatic carbocycles. The first-order valence-electron chi connectivity index (χ1n) is 6.13. The van der Waals surface area contributed by atoms with Gasteiger partial charge < -0.3 is 21.3 Å². The summed E-state index contributed by atoms with van der Waals surface area (Å²) in [6.45, 7) is -0.384. The van der Waals surface area contributed by atoms with Crippen LogP contribution >= 0.6 is 24.0 Å². The number of nitrogens with two attached hydrogens (primary N) is 1. The van der Waals surface area contributed by atoms with Gasteiger partial charge in [0.15, 0.2) is 0 Å². The second kappa shape index (κ2) is 9.24. The largest absolute Gasteiger partial charge is 0.346 e. The molecule has 0 fully saturated rings. The van der Waals surface area contributed by atoms with Crippen LogP contribution in [-0.4, -0.2) is 49.8 Å². The Kier molecular flexibility index (Phi) is 8.47. The molecule has 7 nitrogen and oxygen atoms in total. The Morgan fingerprint density at radius 1 is 1.23 bits per heavy atom. The van der Waals surface area contributed by atoms with Crippen molar-refractivity contribution in [2.45, 2.75) is 0 Å². The number of anilines is 1. The summed E-state index contributed by atoms with van der Waals surface area (Å²) >= 11 is 5.96. The SMILES string of the molecule is CN(C)C(=O)c1cc(NC(=O)CNC(=O)CN)ccc1Cl.Cl. The molecule has 0 unspecified atom stereocenters. The summed E-state index contributed by atoms with van der Waals surface area (Å²) in [4.78, 5) is 35.9. The minimum absolute atomic E-state index is 0. The third kappa shape index (κ3) is 5.88. The van der Waals surface area contributed by atoms with Crippen LogP contribution in [0.15, 0.2) is 18.2 Å². The maximum atomic E-state index is 11.9. The van der Waals surface area contributed by atoms with Crippen LogP contribution in [0.2, 0.25) is 5.02 Å². The minimum Gasteiger partial charge on any atom is -0.346 e. The molecule has 0 heterocycles. The van der Waals surface area contributed by atoms with Crippen LogP contribution in [0.25, 0.3) is 0 Å². The molecule has 0 spiro atoms. The molecule has 0 bridgehead atoms. The summed E-state index contributed by atoms with van der Waals surface area (Å²) in [7, 11) is 3.21. The number of amides is 3. The predicted octanol–water partition coefficient (Wildman–Crippen LogP) is 0.477. The first kappa shape index (κ1) is 20.2. The van der Waals surface area contributed by atoms with Gasteiger partial charge >= 0.3 is 0 Å². The molecule has 0 saturated heterocycles. The van der Waals surface area contributed by atoms with E-state index in [1.165, 1.54) is 17.0 Å². The van der Waals surface area contributed by atoms with Gasteiger partial charge in [-0.3, -0.25) is 14.4 Å². The normalized spacial score (nSPS) is 9.45. The first-order valence-corrected chi connectivity index (χ1v) is 6.50. The van der Waals surface area contributed by atoms with E-state index in [1.54, 1.807) is 20.2 Å². The lowest BCUT2D eigenvalue weighted by Gasteiger charge is -2.13. The van der Waals surface area contributed by atoms with Crippen molar-refractivity contribution in [3.05, 3.63) is 28.8 Å². The molecule has 0 aliphatic rings. The van der Waals surface area contributed by atoms with E-state index in [0.717, 1.165) is 0 Å².